The number of likely N-dealkylation sites (tertiary alicyclic amines) is 1. The molecule has 3 unspecified atom stereocenters. The minimum atomic E-state index is -0.160. The number of fused-ring (bicyclic) bond motifs is 2. The monoisotopic (exact) mass is 250 g/mol. The van der Waals surface area contributed by atoms with E-state index in [1.807, 2.05) is 12.1 Å². The quantitative estimate of drug-likeness (QED) is 0.887. The maximum atomic E-state index is 13.9. The lowest BCUT2D eigenvalue weighted by Crippen LogP contribution is -2.46. The maximum absolute atomic E-state index is 13.9. The number of hydrogen-bond donors (Lipinski definition) is 1. The topological polar surface area (TPSA) is 38.5 Å². The lowest BCUT2D eigenvalue weighted by Gasteiger charge is -2.37. The molecule has 2 bridgehead atoms. The average Bonchev–Trinajstić information content (AvgIpc) is 2.72. The molecule has 0 spiro atoms. The normalized spacial score (nSPS) is 29.4. The van der Waals surface area contributed by atoms with Gasteiger partial charge in [0.15, 0.2) is 0 Å². The molecule has 3 rings (SSSR count). The minimum Gasteiger partial charge on any atom is -0.372 e. The molecule has 1 aromatic carbocycles. The van der Waals surface area contributed by atoms with Crippen molar-refractivity contribution >= 4 is 0 Å². The molecule has 2 fully saturated rings. The summed E-state index contributed by atoms with van der Waals surface area (Å²) in [5.74, 6) is -0.160. The van der Waals surface area contributed by atoms with Crippen molar-refractivity contribution in [3.63, 3.8) is 0 Å². The molecule has 0 radical (unpaired) electrons. The summed E-state index contributed by atoms with van der Waals surface area (Å²) < 4.78 is 19.7. The first kappa shape index (κ1) is 12.1. The minimum absolute atomic E-state index is 0.0294. The highest BCUT2D eigenvalue weighted by atomic mass is 19.1. The zero-order valence-corrected chi connectivity index (χ0v) is 10.4. The molecule has 2 aliphatic rings. The molecule has 0 amide bonds. The Bertz CT molecular complexity index is 414. The van der Waals surface area contributed by atoms with Gasteiger partial charge in [-0.1, -0.05) is 18.2 Å². The Balaban J connectivity index is 1.82. The summed E-state index contributed by atoms with van der Waals surface area (Å²) in [6.45, 7) is 2.18. The Morgan fingerprint density at radius 2 is 1.94 bits per heavy atom. The molecule has 2 aliphatic heterocycles. The predicted molar refractivity (Wildman–Crippen MR) is 67.7 cm³/mol. The van der Waals surface area contributed by atoms with Crippen LogP contribution in [0.1, 0.15) is 24.4 Å². The summed E-state index contributed by atoms with van der Waals surface area (Å²) in [5.41, 5.74) is 6.58. The number of ether oxygens (including phenoxy) is 1. The number of nitrogens with zero attached hydrogens (tertiary/aromatic N) is 1. The van der Waals surface area contributed by atoms with E-state index in [1.165, 1.54) is 6.07 Å². The Morgan fingerprint density at radius 1 is 1.28 bits per heavy atom. The highest BCUT2D eigenvalue weighted by Gasteiger charge is 2.37. The molecule has 98 valence electrons. The number of benzene rings is 1. The third kappa shape index (κ3) is 2.16. The van der Waals surface area contributed by atoms with Gasteiger partial charge in [-0.05, 0) is 18.9 Å². The number of hydrogen-bond acceptors (Lipinski definition) is 3. The fourth-order valence-electron chi connectivity index (χ4n) is 3.12. The van der Waals surface area contributed by atoms with Gasteiger partial charge in [-0.2, -0.15) is 0 Å². The smallest absolute Gasteiger partial charge is 0.128 e. The number of halogens is 1. The van der Waals surface area contributed by atoms with Crippen LogP contribution < -0.4 is 5.73 Å². The second-order valence-corrected chi connectivity index (χ2v) is 5.18. The standard InChI is InChI=1S/C14H19FN2O/c15-13-4-2-1-3-12(13)14(7-16)17-8-10-5-6-11(9-17)18-10/h1-4,10-11,14H,5-9,16H2. The average molecular weight is 250 g/mol. The summed E-state index contributed by atoms with van der Waals surface area (Å²) >= 11 is 0. The van der Waals surface area contributed by atoms with E-state index in [4.69, 9.17) is 10.5 Å². The van der Waals surface area contributed by atoms with E-state index in [9.17, 15) is 4.39 Å². The van der Waals surface area contributed by atoms with E-state index in [0.717, 1.165) is 25.9 Å². The van der Waals surface area contributed by atoms with Gasteiger partial charge in [0.1, 0.15) is 5.82 Å². The zero-order chi connectivity index (χ0) is 12.5. The van der Waals surface area contributed by atoms with Crippen molar-refractivity contribution in [1.29, 1.82) is 0 Å². The largest absolute Gasteiger partial charge is 0.372 e. The molecule has 18 heavy (non-hydrogen) atoms. The number of nitrogens with two attached hydrogens (primary N) is 1. The van der Waals surface area contributed by atoms with Gasteiger partial charge >= 0.3 is 0 Å². The van der Waals surface area contributed by atoms with Crippen LogP contribution in [0.3, 0.4) is 0 Å². The van der Waals surface area contributed by atoms with Crippen molar-refractivity contribution in [2.24, 2.45) is 5.73 Å². The van der Waals surface area contributed by atoms with Crippen molar-refractivity contribution in [2.45, 2.75) is 31.1 Å². The van der Waals surface area contributed by atoms with Crippen molar-refractivity contribution in [2.75, 3.05) is 19.6 Å². The van der Waals surface area contributed by atoms with Crippen molar-refractivity contribution < 1.29 is 9.13 Å². The van der Waals surface area contributed by atoms with Crippen LogP contribution in [0, 0.1) is 5.82 Å². The zero-order valence-electron chi connectivity index (χ0n) is 10.4. The molecule has 4 heteroatoms. The third-order valence-corrected chi connectivity index (χ3v) is 4.00. The first-order valence-corrected chi connectivity index (χ1v) is 6.62. The lowest BCUT2D eigenvalue weighted by molar-refractivity contribution is -0.0525. The Labute approximate surface area is 107 Å². The van der Waals surface area contributed by atoms with Gasteiger partial charge in [0.2, 0.25) is 0 Å². The highest BCUT2D eigenvalue weighted by molar-refractivity contribution is 5.22. The molecule has 2 saturated heterocycles. The van der Waals surface area contributed by atoms with E-state index in [1.54, 1.807) is 6.07 Å². The van der Waals surface area contributed by atoms with Gasteiger partial charge in [-0.25, -0.2) is 4.39 Å². The van der Waals surface area contributed by atoms with Crippen LogP contribution in [-0.4, -0.2) is 36.7 Å². The Hall–Kier alpha value is -0.970. The van der Waals surface area contributed by atoms with Crippen LogP contribution in [0.2, 0.25) is 0 Å². The van der Waals surface area contributed by atoms with Crippen LogP contribution in [0.15, 0.2) is 24.3 Å². The molecule has 2 heterocycles. The van der Waals surface area contributed by atoms with Crippen LogP contribution in [0.4, 0.5) is 4.39 Å². The van der Waals surface area contributed by atoms with Crippen LogP contribution in [-0.2, 0) is 4.74 Å². The fourth-order valence-corrected chi connectivity index (χ4v) is 3.12. The molecule has 0 aromatic heterocycles. The van der Waals surface area contributed by atoms with Gasteiger partial charge in [0.25, 0.3) is 0 Å². The van der Waals surface area contributed by atoms with E-state index < -0.39 is 0 Å². The van der Waals surface area contributed by atoms with Crippen molar-refractivity contribution in [3.05, 3.63) is 35.6 Å². The molecule has 3 atom stereocenters. The molecule has 1 aromatic rings. The SMILES string of the molecule is NCC(c1ccccc1F)N1CC2CCC(C1)O2. The fraction of sp³-hybridized carbons (Fsp3) is 0.571. The van der Waals surface area contributed by atoms with E-state index in [2.05, 4.69) is 4.90 Å². The predicted octanol–water partition coefficient (Wildman–Crippen LogP) is 1.69. The highest BCUT2D eigenvalue weighted by Crippen LogP contribution is 2.32. The van der Waals surface area contributed by atoms with Gasteiger partial charge in [0, 0.05) is 25.2 Å². The molecule has 3 nitrogen and oxygen atoms in total. The van der Waals surface area contributed by atoms with Gasteiger partial charge < -0.3 is 10.5 Å². The maximum Gasteiger partial charge on any atom is 0.128 e. The molecule has 0 saturated carbocycles. The Morgan fingerprint density at radius 3 is 2.56 bits per heavy atom. The van der Waals surface area contributed by atoms with E-state index >= 15 is 0 Å². The second kappa shape index (κ2) is 4.96. The van der Waals surface area contributed by atoms with Gasteiger partial charge in [-0.15, -0.1) is 0 Å². The first-order chi connectivity index (χ1) is 8.78. The summed E-state index contributed by atoms with van der Waals surface area (Å²) in [6.07, 6.45) is 2.86. The van der Waals surface area contributed by atoms with E-state index in [-0.39, 0.29) is 11.9 Å². The van der Waals surface area contributed by atoms with Crippen molar-refractivity contribution in [3.8, 4) is 0 Å². The lowest BCUT2D eigenvalue weighted by atomic mass is 10.0. The number of rotatable bonds is 3. The summed E-state index contributed by atoms with van der Waals surface area (Å²) in [5, 5.41) is 0. The molecular weight excluding hydrogens is 231 g/mol. The van der Waals surface area contributed by atoms with Crippen LogP contribution in [0.25, 0.3) is 0 Å². The Kier molecular flexibility index (Phi) is 3.33. The van der Waals surface area contributed by atoms with Crippen LogP contribution >= 0.6 is 0 Å². The summed E-state index contributed by atoms with van der Waals surface area (Å²) in [4.78, 5) is 2.28. The first-order valence-electron chi connectivity index (χ1n) is 6.62. The van der Waals surface area contributed by atoms with Gasteiger partial charge in [-0.3, -0.25) is 4.90 Å². The van der Waals surface area contributed by atoms with Gasteiger partial charge in [0.05, 0.1) is 18.2 Å². The van der Waals surface area contributed by atoms with Crippen molar-refractivity contribution in [1.82, 2.24) is 4.90 Å². The second-order valence-electron chi connectivity index (χ2n) is 5.18. The molecular formula is C14H19FN2O. The number of morpholine rings is 1. The summed E-state index contributed by atoms with van der Waals surface area (Å²) in [6, 6.07) is 6.90. The summed E-state index contributed by atoms with van der Waals surface area (Å²) in [7, 11) is 0. The third-order valence-electron chi connectivity index (χ3n) is 4.00. The van der Waals surface area contributed by atoms with Crippen LogP contribution in [0.5, 0.6) is 0 Å². The molecule has 2 N–H and O–H groups in total. The molecule has 0 aliphatic carbocycles. The van der Waals surface area contributed by atoms with E-state index in [0.29, 0.717) is 24.3 Å².